The molecule has 1 amide bonds. The molecular formula is C23H25ClN4O3S2. The van der Waals surface area contributed by atoms with Gasteiger partial charge in [0.2, 0.25) is 5.91 Å². The van der Waals surface area contributed by atoms with Gasteiger partial charge in [0.25, 0.3) is 0 Å². The zero-order valence-corrected chi connectivity index (χ0v) is 20.9. The summed E-state index contributed by atoms with van der Waals surface area (Å²) in [6.07, 6.45) is 5.06. The van der Waals surface area contributed by atoms with Crippen LogP contribution in [0, 0.1) is 0 Å². The minimum absolute atomic E-state index is 0.155. The molecule has 4 rings (SSSR count). The van der Waals surface area contributed by atoms with E-state index in [-0.39, 0.29) is 11.7 Å². The van der Waals surface area contributed by atoms with E-state index in [1.807, 2.05) is 35.8 Å². The van der Waals surface area contributed by atoms with Gasteiger partial charge in [-0.3, -0.25) is 4.79 Å². The first-order valence-electron chi connectivity index (χ1n) is 10.9. The zero-order chi connectivity index (χ0) is 23.4. The number of thioether (sulfide) groups is 1. The van der Waals surface area contributed by atoms with Gasteiger partial charge in [-0.05, 0) is 62.4 Å². The van der Waals surface area contributed by atoms with E-state index >= 15 is 0 Å². The number of esters is 1. The monoisotopic (exact) mass is 504 g/mol. The van der Waals surface area contributed by atoms with Gasteiger partial charge in [0.1, 0.15) is 5.00 Å². The minimum atomic E-state index is -0.393. The fourth-order valence-corrected chi connectivity index (χ4v) is 6.16. The van der Waals surface area contributed by atoms with Crippen LogP contribution in [0.25, 0.3) is 11.4 Å². The van der Waals surface area contributed by atoms with E-state index < -0.39 is 5.97 Å². The summed E-state index contributed by atoms with van der Waals surface area (Å²) in [5.41, 5.74) is 2.46. The Balaban J connectivity index is 1.48. The normalized spacial score (nSPS) is 13.3. The SMILES string of the molecule is CCn1c(SCC(=O)Nc2sc3c(c2C(=O)OC)CCCCC3)nnc1-c1ccc(Cl)cc1. The Morgan fingerprint density at radius 3 is 2.67 bits per heavy atom. The number of nitrogens with zero attached hydrogens (tertiary/aromatic N) is 3. The van der Waals surface area contributed by atoms with Crippen LogP contribution in [0.3, 0.4) is 0 Å². The van der Waals surface area contributed by atoms with Crippen molar-refractivity contribution in [1.29, 1.82) is 0 Å². The summed E-state index contributed by atoms with van der Waals surface area (Å²) in [6, 6.07) is 7.42. The van der Waals surface area contributed by atoms with Gasteiger partial charge in [0.05, 0.1) is 18.4 Å². The Bertz CT molecular complexity index is 1160. The molecule has 1 aliphatic carbocycles. The first kappa shape index (κ1) is 23.8. The number of fused-ring (bicyclic) bond motifs is 1. The Kier molecular flexibility index (Phi) is 7.72. The third-order valence-electron chi connectivity index (χ3n) is 5.53. The van der Waals surface area contributed by atoms with E-state index in [0.717, 1.165) is 49.1 Å². The molecule has 1 aromatic carbocycles. The summed E-state index contributed by atoms with van der Waals surface area (Å²) in [6.45, 7) is 2.67. The summed E-state index contributed by atoms with van der Waals surface area (Å²) >= 11 is 8.80. The van der Waals surface area contributed by atoms with Crippen LogP contribution in [0.4, 0.5) is 5.00 Å². The highest BCUT2D eigenvalue weighted by molar-refractivity contribution is 7.99. The topological polar surface area (TPSA) is 86.1 Å². The van der Waals surface area contributed by atoms with Crippen molar-refractivity contribution in [3.63, 3.8) is 0 Å². The zero-order valence-electron chi connectivity index (χ0n) is 18.5. The number of hydrogen-bond donors (Lipinski definition) is 1. The molecule has 2 heterocycles. The molecule has 0 saturated carbocycles. The molecule has 0 atom stereocenters. The highest BCUT2D eigenvalue weighted by atomic mass is 35.5. The number of benzene rings is 1. The molecule has 33 heavy (non-hydrogen) atoms. The molecule has 1 aliphatic rings. The van der Waals surface area contributed by atoms with Gasteiger partial charge in [-0.2, -0.15) is 0 Å². The summed E-state index contributed by atoms with van der Waals surface area (Å²) in [7, 11) is 1.38. The van der Waals surface area contributed by atoms with Crippen molar-refractivity contribution >= 4 is 51.6 Å². The number of amides is 1. The maximum Gasteiger partial charge on any atom is 0.341 e. The summed E-state index contributed by atoms with van der Waals surface area (Å²) in [5, 5.41) is 13.4. The number of rotatable bonds is 7. The minimum Gasteiger partial charge on any atom is -0.465 e. The van der Waals surface area contributed by atoms with E-state index in [2.05, 4.69) is 15.5 Å². The number of aryl methyl sites for hydroxylation is 1. The van der Waals surface area contributed by atoms with E-state index in [1.54, 1.807) is 0 Å². The van der Waals surface area contributed by atoms with Crippen LogP contribution in [0.1, 0.15) is 47.0 Å². The Morgan fingerprint density at radius 1 is 1.18 bits per heavy atom. The third-order valence-corrected chi connectivity index (χ3v) is 7.96. The number of ether oxygens (including phenoxy) is 1. The number of anilines is 1. The van der Waals surface area contributed by atoms with Gasteiger partial charge in [-0.1, -0.05) is 29.8 Å². The van der Waals surface area contributed by atoms with Crippen molar-refractivity contribution in [1.82, 2.24) is 14.8 Å². The lowest BCUT2D eigenvalue weighted by molar-refractivity contribution is -0.113. The predicted molar refractivity (Wildman–Crippen MR) is 132 cm³/mol. The predicted octanol–water partition coefficient (Wildman–Crippen LogP) is 5.47. The largest absolute Gasteiger partial charge is 0.465 e. The summed E-state index contributed by atoms with van der Waals surface area (Å²) < 4.78 is 6.98. The quantitative estimate of drug-likeness (QED) is 0.261. The van der Waals surface area contributed by atoms with E-state index in [1.165, 1.54) is 35.1 Å². The Morgan fingerprint density at radius 2 is 1.94 bits per heavy atom. The standard InChI is InChI=1S/C23H25ClN4O3S2/c1-3-28-20(14-9-11-15(24)12-10-14)26-27-23(28)32-13-18(29)25-21-19(22(30)31-2)16-7-5-4-6-8-17(16)33-21/h9-12H,3-8,13H2,1-2H3,(H,25,29). The molecule has 0 saturated heterocycles. The van der Waals surface area contributed by atoms with Crippen LogP contribution in [0.5, 0.6) is 0 Å². The number of thiophene rings is 1. The van der Waals surface area contributed by atoms with Gasteiger partial charge in [-0.25, -0.2) is 4.79 Å². The molecule has 0 fully saturated rings. The lowest BCUT2D eigenvalue weighted by Crippen LogP contribution is -2.16. The first-order chi connectivity index (χ1) is 16.0. The molecule has 0 spiro atoms. The van der Waals surface area contributed by atoms with Crippen LogP contribution >= 0.6 is 34.7 Å². The van der Waals surface area contributed by atoms with Gasteiger partial charge in [-0.15, -0.1) is 21.5 Å². The number of methoxy groups -OCH3 is 1. The number of aromatic nitrogens is 3. The number of carbonyl (C=O) groups excluding carboxylic acids is 2. The number of nitrogens with one attached hydrogen (secondary N) is 1. The molecule has 7 nitrogen and oxygen atoms in total. The van der Waals surface area contributed by atoms with Crippen molar-refractivity contribution < 1.29 is 14.3 Å². The molecule has 0 bridgehead atoms. The fourth-order valence-electron chi connectivity index (χ4n) is 3.93. The van der Waals surface area contributed by atoms with Crippen molar-refractivity contribution in [2.45, 2.75) is 50.7 Å². The van der Waals surface area contributed by atoms with E-state index in [0.29, 0.717) is 27.3 Å². The highest BCUT2D eigenvalue weighted by Crippen LogP contribution is 2.38. The van der Waals surface area contributed by atoms with Gasteiger partial charge >= 0.3 is 5.97 Å². The highest BCUT2D eigenvalue weighted by Gasteiger charge is 2.26. The van der Waals surface area contributed by atoms with Gasteiger partial charge < -0.3 is 14.6 Å². The van der Waals surface area contributed by atoms with Crippen LogP contribution in [0.2, 0.25) is 5.02 Å². The molecule has 0 unspecified atom stereocenters. The van der Waals surface area contributed by atoms with Gasteiger partial charge in [0.15, 0.2) is 11.0 Å². The molecule has 1 N–H and O–H groups in total. The van der Waals surface area contributed by atoms with E-state index in [9.17, 15) is 9.59 Å². The second kappa shape index (κ2) is 10.7. The summed E-state index contributed by atoms with van der Waals surface area (Å²) in [4.78, 5) is 26.4. The second-order valence-electron chi connectivity index (χ2n) is 7.65. The number of carbonyl (C=O) groups is 2. The lowest BCUT2D eigenvalue weighted by atomic mass is 10.1. The van der Waals surface area contributed by atoms with Crippen molar-refractivity contribution in [2.75, 3.05) is 18.2 Å². The number of hydrogen-bond acceptors (Lipinski definition) is 7. The van der Waals surface area contributed by atoms with Crippen LogP contribution in [-0.2, 0) is 28.9 Å². The molecule has 10 heteroatoms. The molecule has 2 aromatic heterocycles. The molecule has 0 aliphatic heterocycles. The number of halogens is 1. The van der Waals surface area contributed by atoms with Crippen LogP contribution in [-0.4, -0.2) is 39.5 Å². The maximum absolute atomic E-state index is 12.8. The molecular weight excluding hydrogens is 480 g/mol. The first-order valence-corrected chi connectivity index (χ1v) is 13.0. The Hall–Kier alpha value is -2.36. The van der Waals surface area contributed by atoms with Crippen LogP contribution < -0.4 is 5.32 Å². The second-order valence-corrected chi connectivity index (χ2v) is 10.1. The molecule has 0 radical (unpaired) electrons. The summed E-state index contributed by atoms with van der Waals surface area (Å²) in [5.74, 6) is 0.296. The van der Waals surface area contributed by atoms with E-state index in [4.69, 9.17) is 16.3 Å². The molecule has 174 valence electrons. The lowest BCUT2D eigenvalue weighted by Gasteiger charge is -2.09. The van der Waals surface area contributed by atoms with Crippen molar-refractivity contribution in [3.8, 4) is 11.4 Å². The van der Waals surface area contributed by atoms with Gasteiger partial charge in [0, 0.05) is 22.0 Å². The fraction of sp³-hybridized carbons (Fsp3) is 0.391. The average Bonchev–Trinajstić information content (AvgIpc) is 3.30. The maximum atomic E-state index is 12.8. The smallest absolute Gasteiger partial charge is 0.341 e. The third kappa shape index (κ3) is 5.26. The van der Waals surface area contributed by atoms with Crippen LogP contribution in [0.15, 0.2) is 29.4 Å². The Labute approximate surface area is 205 Å². The van der Waals surface area contributed by atoms with Crippen molar-refractivity contribution in [2.24, 2.45) is 0 Å². The van der Waals surface area contributed by atoms with Crippen molar-refractivity contribution in [3.05, 3.63) is 45.3 Å². The molecule has 3 aromatic rings. The average molecular weight is 505 g/mol.